The molecule has 0 rings (SSSR count). The lowest BCUT2D eigenvalue weighted by Gasteiger charge is -2.20. The van der Waals surface area contributed by atoms with Crippen molar-refractivity contribution in [2.45, 2.75) is 244 Å². The first-order valence-corrected chi connectivity index (χ1v) is 27.7. The average Bonchev–Trinajstić information content (AvgIpc) is 3.30. The number of carbonyl (C=O) groups excluding carboxylic acids is 2. The van der Waals surface area contributed by atoms with Crippen LogP contribution in [0.4, 0.5) is 0 Å². The van der Waals surface area contributed by atoms with Crippen LogP contribution < -0.4 is 0 Å². The zero-order valence-electron chi connectivity index (χ0n) is 41.4. The lowest BCUT2D eigenvalue weighted by Crippen LogP contribution is -2.29. The molecule has 0 spiro atoms. The van der Waals surface area contributed by atoms with E-state index in [1.54, 1.807) is 0 Å². The number of hydrogen-bond acceptors (Lipinski definition) is 9. The van der Waals surface area contributed by atoms with E-state index in [0.717, 1.165) is 77.0 Å². The highest BCUT2D eigenvalue weighted by Gasteiger charge is 2.27. The largest absolute Gasteiger partial charge is 0.472 e. The molecule has 0 heterocycles. The molecule has 0 aromatic heterocycles. The summed E-state index contributed by atoms with van der Waals surface area (Å²) in [5.74, 6) is -0.938. The summed E-state index contributed by atoms with van der Waals surface area (Å²) < 4.78 is 32.9. The second kappa shape index (κ2) is 49.6. The molecule has 0 saturated heterocycles. The van der Waals surface area contributed by atoms with Gasteiger partial charge in [-0.05, 0) is 83.5 Å². The number of ether oxygens (including phenoxy) is 2. The minimum atomic E-state index is -4.63. The molecule has 65 heavy (non-hydrogen) atoms. The van der Waals surface area contributed by atoms with Crippen LogP contribution in [0.3, 0.4) is 0 Å². The Morgan fingerprint density at radius 3 is 1.23 bits per heavy atom. The quantitative estimate of drug-likeness (QED) is 0.0233. The summed E-state index contributed by atoms with van der Waals surface area (Å²) in [6.45, 7) is 2.35. The van der Waals surface area contributed by atoms with Crippen LogP contribution in [-0.4, -0.2) is 65.7 Å². The van der Waals surface area contributed by atoms with Crippen molar-refractivity contribution in [1.29, 1.82) is 0 Å². The zero-order valence-corrected chi connectivity index (χ0v) is 42.3. The van der Waals surface area contributed by atoms with Crippen LogP contribution in [0.2, 0.25) is 0 Å². The van der Waals surface area contributed by atoms with E-state index in [2.05, 4.69) is 74.6 Å². The second-order valence-electron chi connectivity index (χ2n) is 17.5. The van der Waals surface area contributed by atoms with Gasteiger partial charge in [-0.2, -0.15) is 0 Å². The molecule has 378 valence electrons. The molecule has 0 aliphatic rings. The number of aliphatic hydroxyl groups is 2. The van der Waals surface area contributed by atoms with Gasteiger partial charge in [-0.15, -0.1) is 0 Å². The van der Waals surface area contributed by atoms with Crippen molar-refractivity contribution < 1.29 is 47.8 Å². The minimum absolute atomic E-state index is 0.168. The number of allylic oxidation sites excluding steroid dienone is 10. The Kier molecular flexibility index (Phi) is 47.8. The third-order valence-corrected chi connectivity index (χ3v) is 12.1. The summed E-state index contributed by atoms with van der Waals surface area (Å²) in [6, 6.07) is 0. The monoisotopic (exact) mass is 937 g/mol. The predicted molar refractivity (Wildman–Crippen MR) is 270 cm³/mol. The Balaban J connectivity index is 4.19. The maximum absolute atomic E-state index is 12.7. The smallest absolute Gasteiger partial charge is 0.462 e. The van der Waals surface area contributed by atoms with E-state index in [1.165, 1.54) is 116 Å². The summed E-state index contributed by atoms with van der Waals surface area (Å²) in [7, 11) is -4.63. The fourth-order valence-electron chi connectivity index (χ4n) is 7.09. The minimum Gasteiger partial charge on any atom is -0.462 e. The number of aliphatic hydroxyl groups excluding tert-OH is 2. The number of carbonyl (C=O) groups is 2. The first kappa shape index (κ1) is 62.7. The van der Waals surface area contributed by atoms with Crippen LogP contribution in [-0.2, 0) is 32.7 Å². The lowest BCUT2D eigenvalue weighted by molar-refractivity contribution is -0.161. The van der Waals surface area contributed by atoms with Crippen LogP contribution in [0.1, 0.15) is 232 Å². The van der Waals surface area contributed by atoms with Gasteiger partial charge in [0.15, 0.2) is 6.10 Å². The van der Waals surface area contributed by atoms with Gasteiger partial charge in [0.2, 0.25) is 0 Å². The van der Waals surface area contributed by atoms with Gasteiger partial charge in [-0.3, -0.25) is 18.6 Å². The standard InChI is InChI=1S/C54H97O10P/c1-3-5-7-9-11-13-15-17-19-21-23-24-25-26-28-29-31-33-35-37-39-41-43-45-53(57)61-49-52(50-63-65(59,60)62-48-51(56)47-55)64-54(58)46-44-42-40-38-36-34-32-30-27-22-20-18-16-14-12-10-8-6-4-2/h12,14-15,17-18,20-21,23,27,30,51-52,55-56H,3-11,13,16,19,22,24-26,28-29,31-50H2,1-2H3,(H,59,60)/b14-12-,17-15-,20-18-,23-21-,30-27-. The molecule has 0 bridgehead atoms. The number of unbranched alkanes of at least 4 members (excludes halogenated alkanes) is 25. The topological polar surface area (TPSA) is 149 Å². The number of esters is 2. The van der Waals surface area contributed by atoms with E-state index in [9.17, 15) is 24.2 Å². The van der Waals surface area contributed by atoms with Crippen LogP contribution in [0, 0.1) is 0 Å². The van der Waals surface area contributed by atoms with Gasteiger partial charge in [0, 0.05) is 12.8 Å². The van der Waals surface area contributed by atoms with Crippen LogP contribution in [0.15, 0.2) is 60.8 Å². The number of phosphoric ester groups is 1. The maximum Gasteiger partial charge on any atom is 0.472 e. The number of phosphoric acid groups is 1. The van der Waals surface area contributed by atoms with Crippen molar-refractivity contribution >= 4 is 19.8 Å². The van der Waals surface area contributed by atoms with Gasteiger partial charge < -0.3 is 24.6 Å². The summed E-state index contributed by atoms with van der Waals surface area (Å²) in [5.41, 5.74) is 0. The summed E-state index contributed by atoms with van der Waals surface area (Å²) in [4.78, 5) is 35.2. The van der Waals surface area contributed by atoms with Gasteiger partial charge >= 0.3 is 19.8 Å². The predicted octanol–water partition coefficient (Wildman–Crippen LogP) is 15.0. The lowest BCUT2D eigenvalue weighted by atomic mass is 10.0. The van der Waals surface area contributed by atoms with Crippen molar-refractivity contribution in [3.05, 3.63) is 60.8 Å². The third kappa shape index (κ3) is 49.4. The van der Waals surface area contributed by atoms with Gasteiger partial charge in [-0.25, -0.2) is 4.57 Å². The van der Waals surface area contributed by atoms with E-state index in [0.29, 0.717) is 12.8 Å². The molecule has 3 atom stereocenters. The Labute approximate surface area is 397 Å². The second-order valence-corrected chi connectivity index (χ2v) is 19.0. The van der Waals surface area contributed by atoms with Gasteiger partial charge in [0.1, 0.15) is 12.7 Å². The van der Waals surface area contributed by atoms with Crippen LogP contribution >= 0.6 is 7.82 Å². The number of rotatable bonds is 49. The average molecular weight is 937 g/mol. The number of hydrogen-bond donors (Lipinski definition) is 3. The van der Waals surface area contributed by atoms with Crippen molar-refractivity contribution in [1.82, 2.24) is 0 Å². The van der Waals surface area contributed by atoms with Gasteiger partial charge in [-0.1, -0.05) is 197 Å². The first-order chi connectivity index (χ1) is 31.7. The van der Waals surface area contributed by atoms with Crippen molar-refractivity contribution in [3.63, 3.8) is 0 Å². The first-order valence-electron chi connectivity index (χ1n) is 26.2. The molecular weight excluding hydrogens is 840 g/mol. The Hall–Kier alpha value is -2.33. The molecule has 3 unspecified atom stereocenters. The summed E-state index contributed by atoms with van der Waals surface area (Å²) >= 11 is 0. The van der Waals surface area contributed by atoms with Crippen molar-refractivity contribution in [3.8, 4) is 0 Å². The highest BCUT2D eigenvalue weighted by molar-refractivity contribution is 7.47. The molecule has 0 aliphatic heterocycles. The zero-order chi connectivity index (χ0) is 47.6. The van der Waals surface area contributed by atoms with E-state index in [4.69, 9.17) is 23.6 Å². The fourth-order valence-corrected chi connectivity index (χ4v) is 7.88. The van der Waals surface area contributed by atoms with E-state index in [1.807, 2.05) is 0 Å². The Bertz CT molecular complexity index is 1260. The Morgan fingerprint density at radius 2 is 0.800 bits per heavy atom. The maximum atomic E-state index is 12.7. The molecule has 0 saturated carbocycles. The molecule has 3 N–H and O–H groups in total. The fraction of sp³-hybridized carbons (Fsp3) is 0.778. The Morgan fingerprint density at radius 1 is 0.462 bits per heavy atom. The molecule has 10 nitrogen and oxygen atoms in total. The normalized spacial score (nSPS) is 14.1. The SMILES string of the molecule is CCCCC/C=C\C/C=C\C/C=C\CCCCCCCCC(=O)OC(COC(=O)CCCCCCCCCCCCC/C=C\C/C=C\CCCCCCC)COP(=O)(O)OCC(O)CO. The van der Waals surface area contributed by atoms with Gasteiger partial charge in [0.05, 0.1) is 19.8 Å². The molecule has 0 fully saturated rings. The molecule has 0 aromatic carbocycles. The van der Waals surface area contributed by atoms with Crippen LogP contribution in [0.25, 0.3) is 0 Å². The van der Waals surface area contributed by atoms with E-state index >= 15 is 0 Å². The molecule has 0 radical (unpaired) electrons. The molecule has 0 aliphatic carbocycles. The summed E-state index contributed by atoms with van der Waals surface area (Å²) in [5, 5.41) is 18.4. The van der Waals surface area contributed by atoms with Crippen molar-refractivity contribution in [2.24, 2.45) is 0 Å². The van der Waals surface area contributed by atoms with Crippen molar-refractivity contribution in [2.75, 3.05) is 26.4 Å². The highest BCUT2D eigenvalue weighted by Crippen LogP contribution is 2.43. The molecular formula is C54H97O10P. The summed E-state index contributed by atoms with van der Waals surface area (Å²) in [6.07, 6.45) is 57.5. The van der Waals surface area contributed by atoms with E-state index < -0.39 is 51.8 Å². The molecule has 0 amide bonds. The molecule has 0 aromatic rings. The van der Waals surface area contributed by atoms with Gasteiger partial charge in [0.25, 0.3) is 0 Å². The van der Waals surface area contributed by atoms with Crippen LogP contribution in [0.5, 0.6) is 0 Å². The molecule has 11 heteroatoms. The third-order valence-electron chi connectivity index (χ3n) is 11.1. The van der Waals surface area contributed by atoms with E-state index in [-0.39, 0.29) is 19.4 Å². The highest BCUT2D eigenvalue weighted by atomic mass is 31.2.